The fourth-order valence-corrected chi connectivity index (χ4v) is 3.73. The molecule has 5 unspecified atom stereocenters. The summed E-state index contributed by atoms with van der Waals surface area (Å²) in [6.07, 6.45) is -4.46. The molecule has 1 N–H and O–H groups in total. The van der Waals surface area contributed by atoms with Gasteiger partial charge in [0.1, 0.15) is 0 Å². The van der Waals surface area contributed by atoms with Gasteiger partial charge in [0, 0.05) is 0 Å². The maximum Gasteiger partial charge on any atom is 0.405 e. The first-order valence-electron chi connectivity index (χ1n) is 5.52. The van der Waals surface area contributed by atoms with Gasteiger partial charge in [-0.05, 0) is 36.5 Å². The predicted molar refractivity (Wildman–Crippen MR) is 50.7 cm³/mol. The van der Waals surface area contributed by atoms with Crippen LogP contribution in [0.2, 0.25) is 0 Å². The van der Waals surface area contributed by atoms with Crippen molar-refractivity contribution in [3.63, 3.8) is 0 Å². The summed E-state index contributed by atoms with van der Waals surface area (Å²) in [6, 6.07) is 0. The number of hydrogen-bond acceptors (Lipinski definition) is 1. The predicted octanol–water partition coefficient (Wildman–Crippen LogP) is 2.93. The van der Waals surface area contributed by atoms with Gasteiger partial charge in [-0.15, -0.1) is 0 Å². The van der Waals surface area contributed by atoms with Gasteiger partial charge in [-0.2, -0.15) is 13.2 Å². The van der Waals surface area contributed by atoms with E-state index in [4.69, 9.17) is 5.11 Å². The summed E-state index contributed by atoms with van der Waals surface area (Å²) < 4.78 is 39.1. The van der Waals surface area contributed by atoms with Gasteiger partial charge in [-0.25, -0.2) is 0 Å². The van der Waals surface area contributed by atoms with Crippen LogP contribution in [-0.4, -0.2) is 17.3 Å². The van der Waals surface area contributed by atoms with E-state index in [1.165, 1.54) is 0 Å². The lowest BCUT2D eigenvalue weighted by molar-refractivity contribution is -0.251. The normalized spacial score (nSPS) is 47.3. The van der Waals surface area contributed by atoms with Crippen molar-refractivity contribution in [3.8, 4) is 0 Å². The van der Waals surface area contributed by atoms with Crippen LogP contribution in [0.25, 0.3) is 0 Å². The first-order chi connectivity index (χ1) is 7.22. The minimum atomic E-state index is -4.63. The molecule has 0 aromatic rings. The SMILES string of the molecule is CC1C2CC(C1C)C(C(=O)O)(C(F)(F)F)C2. The smallest absolute Gasteiger partial charge is 0.405 e. The van der Waals surface area contributed by atoms with Crippen LogP contribution in [0, 0.1) is 29.1 Å². The Labute approximate surface area is 91.8 Å². The Morgan fingerprint density at radius 3 is 2.19 bits per heavy atom. The highest BCUT2D eigenvalue weighted by Gasteiger charge is 2.72. The number of carboxylic acids is 1. The molecule has 5 atom stereocenters. The molecule has 0 saturated heterocycles. The van der Waals surface area contributed by atoms with Crippen molar-refractivity contribution in [2.24, 2.45) is 29.1 Å². The molecule has 2 nitrogen and oxygen atoms in total. The summed E-state index contributed by atoms with van der Waals surface area (Å²) in [7, 11) is 0. The molecule has 0 amide bonds. The Bertz CT molecular complexity index is 324. The second-order valence-electron chi connectivity index (χ2n) is 5.30. The molecule has 92 valence electrons. The highest BCUT2D eigenvalue weighted by atomic mass is 19.4. The summed E-state index contributed by atoms with van der Waals surface area (Å²) in [6.45, 7) is 3.68. The highest BCUT2D eigenvalue weighted by molar-refractivity contribution is 5.77. The van der Waals surface area contributed by atoms with Crippen molar-refractivity contribution < 1.29 is 23.1 Å². The number of carboxylic acid groups (broad SMARTS) is 1. The van der Waals surface area contributed by atoms with Crippen molar-refractivity contribution >= 4 is 5.97 Å². The molecule has 0 aromatic carbocycles. The molecule has 2 aliphatic rings. The number of aliphatic carboxylic acids is 1. The van der Waals surface area contributed by atoms with Gasteiger partial charge < -0.3 is 5.11 Å². The van der Waals surface area contributed by atoms with Gasteiger partial charge in [0.05, 0.1) is 0 Å². The quantitative estimate of drug-likeness (QED) is 0.760. The van der Waals surface area contributed by atoms with E-state index in [1.807, 2.05) is 6.92 Å². The Hall–Kier alpha value is -0.740. The minimum absolute atomic E-state index is 0.0854. The van der Waals surface area contributed by atoms with E-state index in [0.29, 0.717) is 6.42 Å². The van der Waals surface area contributed by atoms with E-state index in [9.17, 15) is 18.0 Å². The maximum absolute atomic E-state index is 13.0. The molecule has 0 aliphatic heterocycles. The van der Waals surface area contributed by atoms with Crippen LogP contribution in [0.1, 0.15) is 26.7 Å². The van der Waals surface area contributed by atoms with Crippen LogP contribution >= 0.6 is 0 Å². The van der Waals surface area contributed by atoms with Crippen LogP contribution in [0.4, 0.5) is 13.2 Å². The van der Waals surface area contributed by atoms with Crippen molar-refractivity contribution in [1.82, 2.24) is 0 Å². The van der Waals surface area contributed by atoms with Crippen molar-refractivity contribution in [3.05, 3.63) is 0 Å². The van der Waals surface area contributed by atoms with Crippen LogP contribution < -0.4 is 0 Å². The van der Waals surface area contributed by atoms with E-state index >= 15 is 0 Å². The molecule has 0 spiro atoms. The molecule has 2 bridgehead atoms. The Morgan fingerprint density at radius 1 is 1.31 bits per heavy atom. The second-order valence-corrected chi connectivity index (χ2v) is 5.30. The lowest BCUT2D eigenvalue weighted by Gasteiger charge is -2.40. The average molecular weight is 236 g/mol. The molecular formula is C11H15F3O2. The number of alkyl halides is 3. The van der Waals surface area contributed by atoms with Crippen LogP contribution in [0.3, 0.4) is 0 Å². The van der Waals surface area contributed by atoms with E-state index in [0.717, 1.165) is 0 Å². The van der Waals surface area contributed by atoms with Gasteiger partial charge >= 0.3 is 12.1 Å². The van der Waals surface area contributed by atoms with E-state index < -0.39 is 23.5 Å². The molecule has 2 aliphatic carbocycles. The number of halogens is 3. The maximum atomic E-state index is 13.0. The molecule has 2 rings (SSSR count). The fraction of sp³-hybridized carbons (Fsp3) is 0.909. The summed E-state index contributed by atoms with van der Waals surface area (Å²) in [5.41, 5.74) is -2.48. The third-order valence-corrected chi connectivity index (χ3v) is 4.87. The van der Waals surface area contributed by atoms with Gasteiger partial charge in [0.15, 0.2) is 5.41 Å². The Kier molecular flexibility index (Phi) is 2.30. The molecule has 16 heavy (non-hydrogen) atoms. The van der Waals surface area contributed by atoms with E-state index in [-0.39, 0.29) is 24.2 Å². The molecular weight excluding hydrogens is 221 g/mol. The van der Waals surface area contributed by atoms with Gasteiger partial charge in [0.2, 0.25) is 0 Å². The monoisotopic (exact) mass is 236 g/mol. The Balaban J connectivity index is 2.43. The molecule has 5 heteroatoms. The topological polar surface area (TPSA) is 37.3 Å². The molecule has 0 aromatic heterocycles. The highest BCUT2D eigenvalue weighted by Crippen LogP contribution is 2.66. The summed E-state index contributed by atoms with van der Waals surface area (Å²) in [5.74, 6) is -2.47. The van der Waals surface area contributed by atoms with E-state index in [1.54, 1.807) is 6.92 Å². The van der Waals surface area contributed by atoms with Gasteiger partial charge in [-0.3, -0.25) is 4.79 Å². The second kappa shape index (κ2) is 3.14. The van der Waals surface area contributed by atoms with Gasteiger partial charge in [-0.1, -0.05) is 13.8 Å². The summed E-state index contributed by atoms with van der Waals surface area (Å²) in [5, 5.41) is 9.01. The molecule has 0 heterocycles. The first-order valence-corrected chi connectivity index (χ1v) is 5.52. The Morgan fingerprint density at radius 2 is 1.88 bits per heavy atom. The van der Waals surface area contributed by atoms with Crippen molar-refractivity contribution in [2.45, 2.75) is 32.9 Å². The van der Waals surface area contributed by atoms with Crippen LogP contribution in [0.15, 0.2) is 0 Å². The van der Waals surface area contributed by atoms with Crippen LogP contribution in [-0.2, 0) is 4.79 Å². The summed E-state index contributed by atoms with van der Waals surface area (Å²) in [4.78, 5) is 11.1. The zero-order valence-corrected chi connectivity index (χ0v) is 9.21. The molecule has 2 saturated carbocycles. The lowest BCUT2D eigenvalue weighted by Crippen LogP contribution is -2.52. The zero-order chi connectivity index (χ0) is 12.3. The third kappa shape index (κ3) is 1.17. The fourth-order valence-electron chi connectivity index (χ4n) is 3.73. The molecule has 2 fully saturated rings. The molecule has 0 radical (unpaired) electrons. The van der Waals surface area contributed by atoms with Crippen LogP contribution in [0.5, 0.6) is 0 Å². The van der Waals surface area contributed by atoms with Crippen molar-refractivity contribution in [2.75, 3.05) is 0 Å². The summed E-state index contributed by atoms with van der Waals surface area (Å²) >= 11 is 0. The third-order valence-electron chi connectivity index (χ3n) is 4.87. The number of hydrogen-bond donors (Lipinski definition) is 1. The number of rotatable bonds is 1. The largest absolute Gasteiger partial charge is 0.481 e. The van der Waals surface area contributed by atoms with Crippen molar-refractivity contribution in [1.29, 1.82) is 0 Å². The minimum Gasteiger partial charge on any atom is -0.481 e. The average Bonchev–Trinajstić information content (AvgIpc) is 2.64. The first kappa shape index (κ1) is 11.7. The van der Waals surface area contributed by atoms with E-state index in [2.05, 4.69) is 0 Å². The standard InChI is InChI=1S/C11H15F3O2/c1-5-6(2)8-3-7(5)4-10(8,9(15)16)11(12,13)14/h5-8H,3-4H2,1-2H3,(H,15,16). The number of carbonyl (C=O) groups is 1. The lowest BCUT2D eigenvalue weighted by atomic mass is 9.65. The number of fused-ring (bicyclic) bond motifs is 2. The zero-order valence-electron chi connectivity index (χ0n) is 9.21. The van der Waals surface area contributed by atoms with Gasteiger partial charge in [0.25, 0.3) is 0 Å².